The van der Waals surface area contributed by atoms with Gasteiger partial charge in [0.15, 0.2) is 5.89 Å². The lowest BCUT2D eigenvalue weighted by atomic mass is 9.95. The van der Waals surface area contributed by atoms with Crippen LogP contribution in [0.5, 0.6) is 0 Å². The molecule has 2 heterocycles. The molecule has 2 aromatic carbocycles. The van der Waals surface area contributed by atoms with E-state index in [1.807, 2.05) is 31.2 Å². The van der Waals surface area contributed by atoms with Crippen molar-refractivity contribution in [2.45, 2.75) is 38.4 Å². The molecule has 6 heteroatoms. The summed E-state index contributed by atoms with van der Waals surface area (Å²) in [5.41, 5.74) is 4.11. The van der Waals surface area contributed by atoms with Crippen molar-refractivity contribution in [3.05, 3.63) is 76.3 Å². The Morgan fingerprint density at radius 3 is 2.75 bits per heavy atom. The molecule has 4 nitrogen and oxygen atoms in total. The average molecular weight is 393 g/mol. The van der Waals surface area contributed by atoms with Crippen molar-refractivity contribution < 1.29 is 9.15 Å². The number of nitrogens with zero attached hydrogens (tertiary/aromatic N) is 1. The second-order valence-corrected chi connectivity index (χ2v) is 7.64. The maximum Gasteiger partial charge on any atom is 0.199 e. The first-order valence-corrected chi connectivity index (χ1v) is 9.85. The zero-order valence-electron chi connectivity index (χ0n) is 15.8. The van der Waals surface area contributed by atoms with Crippen LogP contribution < -0.4 is 5.32 Å². The van der Waals surface area contributed by atoms with Crippen LogP contribution in [0, 0.1) is 6.92 Å². The van der Waals surface area contributed by atoms with E-state index in [0.29, 0.717) is 23.9 Å². The summed E-state index contributed by atoms with van der Waals surface area (Å²) in [5.74, 6) is 1.54. The predicted molar refractivity (Wildman–Crippen MR) is 112 cm³/mol. The fraction of sp³-hybridized carbons (Fsp3) is 0.318. The van der Waals surface area contributed by atoms with E-state index in [2.05, 4.69) is 34.6 Å². The third-order valence-corrected chi connectivity index (χ3v) is 5.16. The van der Waals surface area contributed by atoms with Crippen LogP contribution >= 0.6 is 11.6 Å². The number of ether oxygens (including phenoxy) is 1. The Balaban J connectivity index is 1.42. The van der Waals surface area contributed by atoms with Gasteiger partial charge in [-0.15, -0.1) is 0 Å². The van der Waals surface area contributed by atoms with Crippen molar-refractivity contribution in [2.75, 3.05) is 6.54 Å². The third kappa shape index (κ3) is 4.66. The maximum absolute atomic E-state index is 6.06. The van der Waals surface area contributed by atoms with Crippen LogP contribution in [0.1, 0.15) is 29.2 Å². The minimum atomic E-state index is 0.0450. The summed E-state index contributed by atoms with van der Waals surface area (Å²) in [6, 6.07) is 16.0. The van der Waals surface area contributed by atoms with E-state index in [0.717, 1.165) is 41.1 Å². The quantitative estimate of drug-likeness (QED) is 0.637. The lowest BCUT2D eigenvalue weighted by molar-refractivity contribution is 0.0537. The second kappa shape index (κ2) is 8.52. The van der Waals surface area contributed by atoms with Crippen LogP contribution in [0.2, 0.25) is 5.02 Å². The minimum absolute atomic E-state index is 0.0450. The lowest BCUT2D eigenvalue weighted by Crippen LogP contribution is -2.21. The van der Waals surface area contributed by atoms with Crippen molar-refractivity contribution >= 4 is 19.4 Å². The Kier molecular flexibility index (Phi) is 5.86. The molecule has 1 aliphatic rings. The molecule has 0 aliphatic carbocycles. The highest BCUT2D eigenvalue weighted by Crippen LogP contribution is 2.25. The van der Waals surface area contributed by atoms with Crippen LogP contribution in [-0.4, -0.2) is 31.4 Å². The summed E-state index contributed by atoms with van der Waals surface area (Å²) < 4.78 is 11.8. The third-order valence-electron chi connectivity index (χ3n) is 4.92. The van der Waals surface area contributed by atoms with Gasteiger partial charge in [0.05, 0.1) is 20.6 Å². The van der Waals surface area contributed by atoms with E-state index < -0.39 is 0 Å². The lowest BCUT2D eigenvalue weighted by Gasteiger charge is -2.11. The van der Waals surface area contributed by atoms with E-state index in [-0.39, 0.29) is 12.0 Å². The number of benzene rings is 2. The molecule has 1 saturated heterocycles. The Hall–Kier alpha value is -2.08. The van der Waals surface area contributed by atoms with Crippen LogP contribution in [0.15, 0.2) is 52.9 Å². The van der Waals surface area contributed by atoms with Crippen molar-refractivity contribution in [1.82, 2.24) is 10.3 Å². The van der Waals surface area contributed by atoms with E-state index in [1.165, 1.54) is 0 Å². The van der Waals surface area contributed by atoms with Gasteiger partial charge < -0.3 is 14.5 Å². The summed E-state index contributed by atoms with van der Waals surface area (Å²) >= 11 is 6.06. The van der Waals surface area contributed by atoms with E-state index >= 15 is 0 Å². The first-order chi connectivity index (χ1) is 13.6. The molecule has 1 aliphatic heterocycles. The molecular formula is C22H22BClN2O2. The highest BCUT2D eigenvalue weighted by Gasteiger charge is 2.20. The maximum atomic E-state index is 6.06. The van der Waals surface area contributed by atoms with E-state index in [1.54, 1.807) is 0 Å². The van der Waals surface area contributed by atoms with Crippen molar-refractivity contribution in [3.8, 4) is 11.3 Å². The summed E-state index contributed by atoms with van der Waals surface area (Å²) in [6.07, 6.45) is 1.65. The molecule has 0 saturated carbocycles. The Morgan fingerprint density at radius 1 is 1.21 bits per heavy atom. The van der Waals surface area contributed by atoms with Crippen molar-refractivity contribution in [2.24, 2.45) is 0 Å². The molecule has 4 rings (SSSR count). The summed E-state index contributed by atoms with van der Waals surface area (Å²) in [4.78, 5) is 4.69. The van der Waals surface area contributed by atoms with Crippen LogP contribution in [0.3, 0.4) is 0 Å². The van der Waals surface area contributed by atoms with Gasteiger partial charge in [-0.05, 0) is 42.5 Å². The topological polar surface area (TPSA) is 47.3 Å². The first kappa shape index (κ1) is 19.3. The van der Waals surface area contributed by atoms with Crippen molar-refractivity contribution in [1.29, 1.82) is 0 Å². The summed E-state index contributed by atoms with van der Waals surface area (Å²) in [5, 5.41) is 3.91. The second-order valence-electron chi connectivity index (χ2n) is 7.20. The predicted octanol–water partition coefficient (Wildman–Crippen LogP) is 4.27. The van der Waals surface area contributed by atoms with E-state index in [9.17, 15) is 0 Å². The Labute approximate surface area is 171 Å². The molecule has 2 radical (unpaired) electrons. The van der Waals surface area contributed by atoms with Crippen molar-refractivity contribution in [3.63, 3.8) is 0 Å². The Bertz CT molecular complexity index is 942. The standard InChI is InChI=1S/C22H22BClN2O2/c1-14-22(26-21(28-14)10-16-3-2-4-18(24)9-16)17-7-5-15(6-8-17)13-27-19-11-20(23)25-12-19/h2-9,19-20,25H,10-13H2,1H3. The number of hydrogen-bond donors (Lipinski definition) is 1. The van der Waals surface area contributed by atoms with E-state index in [4.69, 9.17) is 28.6 Å². The molecule has 3 aromatic rings. The fourth-order valence-corrected chi connectivity index (χ4v) is 3.66. The van der Waals surface area contributed by atoms with Gasteiger partial charge in [0.2, 0.25) is 0 Å². The number of nitrogens with one attached hydrogen (secondary N) is 1. The van der Waals surface area contributed by atoms with Gasteiger partial charge in [-0.1, -0.05) is 48.0 Å². The molecule has 28 heavy (non-hydrogen) atoms. The number of halogens is 1. The van der Waals surface area contributed by atoms with Crippen LogP contribution in [0.4, 0.5) is 0 Å². The molecule has 1 fully saturated rings. The van der Waals surface area contributed by atoms with Gasteiger partial charge in [-0.2, -0.15) is 0 Å². The average Bonchev–Trinajstić information content (AvgIpc) is 3.26. The fourth-order valence-electron chi connectivity index (χ4n) is 3.45. The number of rotatable bonds is 6. The van der Waals surface area contributed by atoms with Gasteiger partial charge in [-0.25, -0.2) is 4.98 Å². The Morgan fingerprint density at radius 2 is 2.04 bits per heavy atom. The van der Waals surface area contributed by atoms with Gasteiger partial charge >= 0.3 is 0 Å². The molecule has 0 amide bonds. The van der Waals surface area contributed by atoms with Gasteiger partial charge in [-0.3, -0.25) is 0 Å². The van der Waals surface area contributed by atoms with Crippen LogP contribution in [-0.2, 0) is 17.8 Å². The molecule has 0 bridgehead atoms. The zero-order valence-corrected chi connectivity index (χ0v) is 16.6. The minimum Gasteiger partial charge on any atom is -0.445 e. The number of oxazole rings is 1. The van der Waals surface area contributed by atoms with Gasteiger partial charge in [0.1, 0.15) is 11.5 Å². The van der Waals surface area contributed by atoms with Crippen LogP contribution in [0.25, 0.3) is 11.3 Å². The molecule has 0 spiro atoms. The highest BCUT2D eigenvalue weighted by molar-refractivity contribution is 6.30. The van der Waals surface area contributed by atoms with Gasteiger partial charge in [0.25, 0.3) is 0 Å². The molecule has 142 valence electrons. The molecule has 1 aromatic heterocycles. The highest BCUT2D eigenvalue weighted by atomic mass is 35.5. The monoisotopic (exact) mass is 392 g/mol. The smallest absolute Gasteiger partial charge is 0.199 e. The molecule has 2 atom stereocenters. The number of hydrogen-bond acceptors (Lipinski definition) is 4. The van der Waals surface area contributed by atoms with Gasteiger partial charge in [0, 0.05) is 23.6 Å². The number of aryl methyl sites for hydroxylation is 1. The SMILES string of the molecule is [B]C1CC(OCc2ccc(-c3nc(Cc4cccc(Cl)c4)oc3C)cc2)CN1. The molecule has 2 unspecified atom stereocenters. The normalized spacial score (nSPS) is 19.2. The molecular weight excluding hydrogens is 371 g/mol. The zero-order chi connectivity index (χ0) is 19.5. The summed E-state index contributed by atoms with van der Waals surface area (Å²) in [7, 11) is 5.84. The largest absolute Gasteiger partial charge is 0.445 e. The molecule has 1 N–H and O–H groups in total. The summed E-state index contributed by atoms with van der Waals surface area (Å²) in [6.45, 7) is 3.33. The number of aromatic nitrogens is 1. The first-order valence-electron chi connectivity index (χ1n) is 9.47.